The molecule has 2 aliphatic heterocycles. The van der Waals surface area contributed by atoms with Gasteiger partial charge in [-0.25, -0.2) is 13.2 Å². The van der Waals surface area contributed by atoms with Crippen LogP contribution in [0, 0.1) is 0 Å². The molecule has 2 heterocycles. The highest BCUT2D eigenvalue weighted by Crippen LogP contribution is 2.32. The van der Waals surface area contributed by atoms with E-state index in [1.165, 1.54) is 22.5 Å². The Balaban J connectivity index is 1.85. The summed E-state index contributed by atoms with van der Waals surface area (Å²) in [6.45, 7) is 4.09. The Bertz CT molecular complexity index is 854. The molecule has 2 aliphatic rings. The minimum absolute atomic E-state index is 0.0298. The number of benzene rings is 1. The first-order chi connectivity index (χ1) is 13.4. The van der Waals surface area contributed by atoms with E-state index in [0.717, 1.165) is 0 Å². The number of morpholine rings is 1. The summed E-state index contributed by atoms with van der Waals surface area (Å²) < 4.78 is 38.2. The van der Waals surface area contributed by atoms with E-state index in [-0.39, 0.29) is 34.0 Å². The van der Waals surface area contributed by atoms with Gasteiger partial charge in [0, 0.05) is 24.1 Å². The molecule has 0 bridgehead atoms. The Morgan fingerprint density at radius 3 is 2.61 bits per heavy atom. The van der Waals surface area contributed by atoms with Gasteiger partial charge >= 0.3 is 5.97 Å². The molecule has 0 radical (unpaired) electrons. The molecule has 1 unspecified atom stereocenters. The van der Waals surface area contributed by atoms with Gasteiger partial charge in [0.25, 0.3) is 0 Å². The number of ether oxygens (including phenoxy) is 2. The molecule has 0 saturated carbocycles. The highest BCUT2D eigenvalue weighted by molar-refractivity contribution is 9.10. The van der Waals surface area contributed by atoms with Crippen LogP contribution in [-0.2, 0) is 24.3 Å². The van der Waals surface area contributed by atoms with E-state index in [0.29, 0.717) is 39.1 Å². The van der Waals surface area contributed by atoms with Crippen LogP contribution in [-0.4, -0.2) is 75.0 Å². The molecular weight excluding hydrogens is 452 g/mol. The molecular formula is C18H23BrN2O6S. The lowest BCUT2D eigenvalue weighted by molar-refractivity contribution is -0.138. The molecule has 1 atom stereocenters. The first kappa shape index (κ1) is 21.2. The average molecular weight is 475 g/mol. The van der Waals surface area contributed by atoms with Crippen molar-refractivity contribution in [3.63, 3.8) is 0 Å². The van der Waals surface area contributed by atoms with Crippen molar-refractivity contribution in [1.82, 2.24) is 9.21 Å². The molecule has 3 rings (SSSR count). The van der Waals surface area contributed by atoms with Crippen molar-refractivity contribution < 1.29 is 27.5 Å². The van der Waals surface area contributed by atoms with Gasteiger partial charge in [-0.2, -0.15) is 4.31 Å². The van der Waals surface area contributed by atoms with Crippen LogP contribution < -0.4 is 0 Å². The van der Waals surface area contributed by atoms with Crippen molar-refractivity contribution in [1.29, 1.82) is 0 Å². The summed E-state index contributed by atoms with van der Waals surface area (Å²) in [5, 5.41) is 0. The Hall–Kier alpha value is -1.49. The van der Waals surface area contributed by atoms with Crippen LogP contribution >= 0.6 is 15.9 Å². The highest BCUT2D eigenvalue weighted by atomic mass is 79.9. The second-order valence-electron chi connectivity index (χ2n) is 6.58. The zero-order valence-corrected chi connectivity index (χ0v) is 18.0. The van der Waals surface area contributed by atoms with Crippen LogP contribution in [0.25, 0.3) is 0 Å². The fourth-order valence-electron chi connectivity index (χ4n) is 3.45. The van der Waals surface area contributed by atoms with Gasteiger partial charge in [-0.3, -0.25) is 4.79 Å². The van der Waals surface area contributed by atoms with Gasteiger partial charge in [0.1, 0.15) is 6.04 Å². The Kier molecular flexibility index (Phi) is 6.74. The molecule has 0 spiro atoms. The van der Waals surface area contributed by atoms with E-state index < -0.39 is 22.0 Å². The zero-order chi connectivity index (χ0) is 20.3. The van der Waals surface area contributed by atoms with Gasteiger partial charge < -0.3 is 14.4 Å². The lowest BCUT2D eigenvalue weighted by Crippen LogP contribution is -2.51. The number of nitrogens with zero attached hydrogens (tertiary/aromatic N) is 2. The van der Waals surface area contributed by atoms with Crippen molar-refractivity contribution in [2.45, 2.75) is 30.7 Å². The molecule has 1 amide bonds. The summed E-state index contributed by atoms with van der Waals surface area (Å²) in [7, 11) is -3.90. The second-order valence-corrected chi connectivity index (χ2v) is 9.29. The number of rotatable bonds is 5. The number of sulfonamides is 1. The van der Waals surface area contributed by atoms with E-state index >= 15 is 0 Å². The Labute approximate surface area is 172 Å². The summed E-state index contributed by atoms with van der Waals surface area (Å²) in [5.74, 6) is -0.697. The van der Waals surface area contributed by atoms with Crippen LogP contribution in [0.4, 0.5) is 0 Å². The number of hydrogen-bond donors (Lipinski definition) is 0. The van der Waals surface area contributed by atoms with Crippen molar-refractivity contribution in [2.75, 3.05) is 39.5 Å². The minimum atomic E-state index is -3.90. The standard InChI is InChI=1S/C18H23BrN2O6S/c1-2-27-18(23)13-5-6-16(14(19)12-13)28(24,25)21-7-3-4-15(21)17(22)20-8-10-26-11-9-20/h5-6,12,15H,2-4,7-11H2,1H3. The number of carbonyl (C=O) groups excluding carboxylic acids is 2. The Morgan fingerprint density at radius 2 is 1.96 bits per heavy atom. The lowest BCUT2D eigenvalue weighted by Gasteiger charge is -2.32. The van der Waals surface area contributed by atoms with Crippen molar-refractivity contribution in [3.05, 3.63) is 28.2 Å². The molecule has 2 fully saturated rings. The third kappa shape index (κ3) is 4.24. The predicted molar refractivity (Wildman–Crippen MR) is 104 cm³/mol. The fourth-order valence-corrected chi connectivity index (χ4v) is 6.14. The van der Waals surface area contributed by atoms with E-state index in [2.05, 4.69) is 15.9 Å². The molecule has 1 aromatic carbocycles. The summed E-state index contributed by atoms with van der Waals surface area (Å²) >= 11 is 3.26. The summed E-state index contributed by atoms with van der Waals surface area (Å²) in [6, 6.07) is 3.52. The number of carbonyl (C=O) groups is 2. The molecule has 0 N–H and O–H groups in total. The third-order valence-corrected chi connectivity index (χ3v) is 7.73. The number of hydrogen-bond acceptors (Lipinski definition) is 6. The van der Waals surface area contributed by atoms with Gasteiger partial charge in [0.15, 0.2) is 0 Å². The molecule has 1 aromatic rings. The Morgan fingerprint density at radius 1 is 1.25 bits per heavy atom. The van der Waals surface area contributed by atoms with Crippen LogP contribution in [0.15, 0.2) is 27.6 Å². The lowest BCUT2D eigenvalue weighted by atomic mass is 10.2. The highest BCUT2D eigenvalue weighted by Gasteiger charge is 2.42. The summed E-state index contributed by atoms with van der Waals surface area (Å²) in [5.41, 5.74) is 0.259. The van der Waals surface area contributed by atoms with Crippen LogP contribution in [0.1, 0.15) is 30.1 Å². The van der Waals surface area contributed by atoms with E-state index in [4.69, 9.17) is 9.47 Å². The predicted octanol–water partition coefficient (Wildman–Crippen LogP) is 1.64. The van der Waals surface area contributed by atoms with Crippen molar-refractivity contribution in [3.8, 4) is 0 Å². The molecule has 2 saturated heterocycles. The van der Waals surface area contributed by atoms with Crippen LogP contribution in [0.2, 0.25) is 0 Å². The maximum Gasteiger partial charge on any atom is 0.338 e. The normalized spacial score (nSPS) is 20.9. The third-order valence-electron chi connectivity index (χ3n) is 4.84. The summed E-state index contributed by atoms with van der Waals surface area (Å²) in [4.78, 5) is 26.4. The molecule has 8 nitrogen and oxygen atoms in total. The van der Waals surface area contributed by atoms with E-state index in [9.17, 15) is 18.0 Å². The number of halogens is 1. The molecule has 0 aromatic heterocycles. The molecule has 28 heavy (non-hydrogen) atoms. The van der Waals surface area contributed by atoms with E-state index in [1.54, 1.807) is 11.8 Å². The minimum Gasteiger partial charge on any atom is -0.462 e. The zero-order valence-electron chi connectivity index (χ0n) is 15.6. The van der Waals surface area contributed by atoms with Gasteiger partial charge in [-0.1, -0.05) is 0 Å². The van der Waals surface area contributed by atoms with Crippen molar-refractivity contribution in [2.24, 2.45) is 0 Å². The van der Waals surface area contributed by atoms with Crippen molar-refractivity contribution >= 4 is 37.8 Å². The summed E-state index contributed by atoms with van der Waals surface area (Å²) in [6.07, 6.45) is 1.12. The van der Waals surface area contributed by atoms with Gasteiger partial charge in [-0.05, 0) is 53.9 Å². The SMILES string of the molecule is CCOC(=O)c1ccc(S(=O)(=O)N2CCCC2C(=O)N2CCOCC2)c(Br)c1. The monoisotopic (exact) mass is 474 g/mol. The van der Waals surface area contributed by atoms with Crippen LogP contribution in [0.5, 0.6) is 0 Å². The quantitative estimate of drug-likeness (QED) is 0.602. The number of esters is 1. The topological polar surface area (TPSA) is 93.2 Å². The smallest absolute Gasteiger partial charge is 0.338 e. The maximum absolute atomic E-state index is 13.2. The van der Waals surface area contributed by atoms with Gasteiger partial charge in [-0.15, -0.1) is 0 Å². The second kappa shape index (κ2) is 8.89. The van der Waals surface area contributed by atoms with Gasteiger partial charge in [0.05, 0.1) is 30.3 Å². The van der Waals surface area contributed by atoms with Crippen LogP contribution in [0.3, 0.4) is 0 Å². The first-order valence-electron chi connectivity index (χ1n) is 9.21. The molecule has 10 heteroatoms. The maximum atomic E-state index is 13.2. The molecule has 0 aliphatic carbocycles. The van der Waals surface area contributed by atoms with Gasteiger partial charge in [0.2, 0.25) is 15.9 Å². The van der Waals surface area contributed by atoms with E-state index in [1.807, 2.05) is 0 Å². The largest absolute Gasteiger partial charge is 0.462 e. The fraction of sp³-hybridized carbons (Fsp3) is 0.556. The molecule has 154 valence electrons. The average Bonchev–Trinajstić information content (AvgIpc) is 3.18. The number of amides is 1. The first-order valence-corrected chi connectivity index (χ1v) is 11.4.